The molecule has 1 aromatic carbocycles. The lowest BCUT2D eigenvalue weighted by atomic mass is 10.2. The van der Waals surface area contributed by atoms with Crippen molar-refractivity contribution < 1.29 is 8.42 Å². The number of sulfonamides is 1. The molecule has 2 rings (SSSR count). The smallest absolute Gasteiger partial charge is 0.237 e. The van der Waals surface area contributed by atoms with Gasteiger partial charge in [0.1, 0.15) is 0 Å². The van der Waals surface area contributed by atoms with E-state index in [2.05, 4.69) is 0 Å². The predicted molar refractivity (Wildman–Crippen MR) is 73.9 cm³/mol. The normalized spacial score (nSPS) is 17.0. The van der Waals surface area contributed by atoms with Crippen LogP contribution in [0.5, 0.6) is 0 Å². The van der Waals surface area contributed by atoms with Crippen LogP contribution in [0.25, 0.3) is 0 Å². The fraction of sp³-hybridized carbons (Fsp3) is 0.538. The largest absolute Gasteiger partial charge is 0.326 e. The van der Waals surface area contributed by atoms with Crippen molar-refractivity contribution in [3.63, 3.8) is 0 Å². The summed E-state index contributed by atoms with van der Waals surface area (Å²) >= 11 is 0. The van der Waals surface area contributed by atoms with Gasteiger partial charge in [-0.3, -0.25) is 4.31 Å². The van der Waals surface area contributed by atoms with Crippen molar-refractivity contribution in [2.24, 2.45) is 5.73 Å². The summed E-state index contributed by atoms with van der Waals surface area (Å²) in [6, 6.07) is 7.40. The van der Waals surface area contributed by atoms with E-state index in [0.29, 0.717) is 12.2 Å². The zero-order valence-corrected chi connectivity index (χ0v) is 11.5. The van der Waals surface area contributed by atoms with Crippen molar-refractivity contribution in [3.8, 4) is 0 Å². The molecule has 1 aliphatic rings. The minimum Gasteiger partial charge on any atom is -0.326 e. The predicted octanol–water partition coefficient (Wildman–Crippen LogP) is 1.85. The summed E-state index contributed by atoms with van der Waals surface area (Å²) in [7, 11) is -1.60. The van der Waals surface area contributed by atoms with Crippen LogP contribution in [-0.2, 0) is 16.6 Å². The first-order valence-corrected chi connectivity index (χ1v) is 7.83. The van der Waals surface area contributed by atoms with Crippen molar-refractivity contribution in [3.05, 3.63) is 29.8 Å². The molecule has 0 aromatic heterocycles. The van der Waals surface area contributed by atoms with E-state index < -0.39 is 10.0 Å². The minimum atomic E-state index is -3.22. The molecule has 1 fully saturated rings. The number of anilines is 1. The van der Waals surface area contributed by atoms with Gasteiger partial charge in [0.15, 0.2) is 0 Å². The van der Waals surface area contributed by atoms with E-state index >= 15 is 0 Å². The molecule has 0 unspecified atom stereocenters. The molecule has 0 aliphatic heterocycles. The number of rotatable bonds is 4. The quantitative estimate of drug-likeness (QED) is 0.906. The van der Waals surface area contributed by atoms with E-state index in [1.165, 1.54) is 4.31 Å². The molecule has 18 heavy (non-hydrogen) atoms. The maximum atomic E-state index is 12.4. The first-order valence-electron chi connectivity index (χ1n) is 6.32. The number of nitrogens with zero attached hydrogens (tertiary/aromatic N) is 1. The minimum absolute atomic E-state index is 0.218. The van der Waals surface area contributed by atoms with Crippen LogP contribution in [0.3, 0.4) is 0 Å². The van der Waals surface area contributed by atoms with Gasteiger partial charge in [-0.15, -0.1) is 0 Å². The van der Waals surface area contributed by atoms with Crippen molar-refractivity contribution in [1.82, 2.24) is 0 Å². The van der Waals surface area contributed by atoms with E-state index in [9.17, 15) is 8.42 Å². The lowest BCUT2D eigenvalue weighted by molar-refractivity contribution is 0.578. The molecular weight excluding hydrogens is 248 g/mol. The molecule has 0 amide bonds. The van der Waals surface area contributed by atoms with E-state index in [-0.39, 0.29) is 5.25 Å². The highest BCUT2D eigenvalue weighted by Gasteiger charge is 2.32. The SMILES string of the molecule is CN(c1cccc(CN)c1)S(=O)(=O)C1CCCC1. The van der Waals surface area contributed by atoms with Gasteiger partial charge in [0.2, 0.25) is 10.0 Å². The second kappa shape index (κ2) is 5.28. The van der Waals surface area contributed by atoms with Gasteiger partial charge in [0.05, 0.1) is 10.9 Å². The lowest BCUT2D eigenvalue weighted by Gasteiger charge is -2.23. The molecule has 2 N–H and O–H groups in total. The highest BCUT2D eigenvalue weighted by molar-refractivity contribution is 7.93. The monoisotopic (exact) mass is 268 g/mol. The van der Waals surface area contributed by atoms with Crippen molar-refractivity contribution in [2.45, 2.75) is 37.5 Å². The Morgan fingerprint density at radius 1 is 1.33 bits per heavy atom. The zero-order valence-electron chi connectivity index (χ0n) is 10.7. The standard InChI is InChI=1S/C13H20N2O2S/c1-15(12-6-4-5-11(9-12)10-14)18(16,17)13-7-2-3-8-13/h4-6,9,13H,2-3,7-8,10,14H2,1H3. The number of hydrogen-bond donors (Lipinski definition) is 1. The van der Waals surface area contributed by atoms with E-state index in [0.717, 1.165) is 31.2 Å². The van der Waals surface area contributed by atoms with Gasteiger partial charge in [-0.05, 0) is 30.5 Å². The average Bonchev–Trinajstić information content (AvgIpc) is 2.92. The third-order valence-corrected chi connectivity index (χ3v) is 5.90. The third kappa shape index (κ3) is 2.52. The zero-order chi connectivity index (χ0) is 13.2. The Balaban J connectivity index is 2.26. The Labute approximate surface area is 109 Å². The second-order valence-corrected chi connectivity index (χ2v) is 7.04. The summed E-state index contributed by atoms with van der Waals surface area (Å²) in [6.07, 6.45) is 3.59. The molecule has 0 bridgehead atoms. The van der Waals surface area contributed by atoms with Crippen LogP contribution >= 0.6 is 0 Å². The van der Waals surface area contributed by atoms with E-state index in [4.69, 9.17) is 5.73 Å². The first kappa shape index (κ1) is 13.4. The van der Waals surface area contributed by atoms with Crippen LogP contribution in [0.1, 0.15) is 31.2 Å². The first-order chi connectivity index (χ1) is 8.55. The lowest BCUT2D eigenvalue weighted by Crippen LogP contribution is -2.34. The van der Waals surface area contributed by atoms with Crippen LogP contribution in [0.2, 0.25) is 0 Å². The van der Waals surface area contributed by atoms with E-state index in [1.54, 1.807) is 7.05 Å². The fourth-order valence-corrected chi connectivity index (χ4v) is 4.22. The van der Waals surface area contributed by atoms with Gasteiger partial charge in [-0.2, -0.15) is 0 Å². The van der Waals surface area contributed by atoms with Crippen LogP contribution in [0.4, 0.5) is 5.69 Å². The van der Waals surface area contributed by atoms with Crippen LogP contribution in [-0.4, -0.2) is 20.7 Å². The summed E-state index contributed by atoms with van der Waals surface area (Å²) in [4.78, 5) is 0. The second-order valence-electron chi connectivity index (χ2n) is 4.79. The molecule has 1 aromatic rings. The van der Waals surface area contributed by atoms with Gasteiger partial charge < -0.3 is 5.73 Å². The molecule has 0 saturated heterocycles. The van der Waals surface area contributed by atoms with Gasteiger partial charge in [-0.25, -0.2) is 8.42 Å². The summed E-state index contributed by atoms with van der Waals surface area (Å²) in [5, 5.41) is -0.218. The third-order valence-electron chi connectivity index (χ3n) is 3.62. The average molecular weight is 268 g/mol. The Morgan fingerprint density at radius 3 is 2.61 bits per heavy atom. The number of nitrogens with two attached hydrogens (primary N) is 1. The van der Waals surface area contributed by atoms with Crippen LogP contribution in [0, 0.1) is 0 Å². The molecule has 0 atom stereocenters. The Kier molecular flexibility index (Phi) is 3.92. The van der Waals surface area contributed by atoms with Crippen LogP contribution in [0.15, 0.2) is 24.3 Å². The Bertz CT molecular complexity index is 507. The molecular formula is C13H20N2O2S. The molecule has 0 spiro atoms. The van der Waals surface area contributed by atoms with E-state index in [1.807, 2.05) is 24.3 Å². The van der Waals surface area contributed by atoms with Gasteiger partial charge >= 0.3 is 0 Å². The summed E-state index contributed by atoms with van der Waals surface area (Å²) < 4.78 is 26.3. The van der Waals surface area contributed by atoms with Crippen molar-refractivity contribution >= 4 is 15.7 Å². The Hall–Kier alpha value is -1.07. The maximum absolute atomic E-state index is 12.4. The Morgan fingerprint density at radius 2 is 2.00 bits per heavy atom. The maximum Gasteiger partial charge on any atom is 0.237 e. The molecule has 5 heteroatoms. The number of benzene rings is 1. The molecule has 0 radical (unpaired) electrons. The van der Waals surface area contributed by atoms with Crippen LogP contribution < -0.4 is 10.0 Å². The number of hydrogen-bond acceptors (Lipinski definition) is 3. The topological polar surface area (TPSA) is 63.4 Å². The highest BCUT2D eigenvalue weighted by Crippen LogP contribution is 2.29. The molecule has 1 saturated carbocycles. The molecule has 4 nitrogen and oxygen atoms in total. The molecule has 0 heterocycles. The molecule has 100 valence electrons. The van der Waals surface area contributed by atoms with Gasteiger partial charge in [0, 0.05) is 13.6 Å². The summed E-state index contributed by atoms with van der Waals surface area (Å²) in [5.41, 5.74) is 7.23. The molecule has 1 aliphatic carbocycles. The summed E-state index contributed by atoms with van der Waals surface area (Å²) in [6.45, 7) is 0.422. The highest BCUT2D eigenvalue weighted by atomic mass is 32.2. The van der Waals surface area contributed by atoms with Crippen molar-refractivity contribution in [2.75, 3.05) is 11.4 Å². The summed E-state index contributed by atoms with van der Waals surface area (Å²) in [5.74, 6) is 0. The fourth-order valence-electron chi connectivity index (χ4n) is 2.44. The van der Waals surface area contributed by atoms with Crippen molar-refractivity contribution in [1.29, 1.82) is 0 Å². The van der Waals surface area contributed by atoms with Gasteiger partial charge in [0.25, 0.3) is 0 Å². The van der Waals surface area contributed by atoms with Gasteiger partial charge in [-0.1, -0.05) is 25.0 Å².